The van der Waals surface area contributed by atoms with E-state index in [9.17, 15) is 8.42 Å². The van der Waals surface area contributed by atoms with Crippen LogP contribution in [0.25, 0.3) is 5.69 Å². The highest BCUT2D eigenvalue weighted by molar-refractivity contribution is 7.89. The Morgan fingerprint density at radius 1 is 1.14 bits per heavy atom. The standard InChI is InChI=1S/C19H23ClN6O2S/c1-3-25(4-2)19(17-10-5-6-11-18(17)20)13-22-29(27,28)16-9-7-8-15(12-16)26-14-21-23-24-26/h5-12,14,19,22H,3-4,13H2,1-2H3/t19-/m0/s1. The van der Waals surface area contributed by atoms with Gasteiger partial charge >= 0.3 is 0 Å². The maximum absolute atomic E-state index is 13.0. The maximum atomic E-state index is 13.0. The molecule has 10 heteroatoms. The van der Waals surface area contributed by atoms with Crippen molar-refractivity contribution >= 4 is 21.6 Å². The highest BCUT2D eigenvalue weighted by Gasteiger charge is 2.23. The van der Waals surface area contributed by atoms with Crippen LogP contribution in [0, 0.1) is 0 Å². The van der Waals surface area contributed by atoms with E-state index in [2.05, 4.69) is 25.1 Å². The number of benzene rings is 2. The van der Waals surface area contributed by atoms with Crippen LogP contribution in [0.2, 0.25) is 5.02 Å². The highest BCUT2D eigenvalue weighted by atomic mass is 35.5. The lowest BCUT2D eigenvalue weighted by molar-refractivity contribution is 0.220. The summed E-state index contributed by atoms with van der Waals surface area (Å²) in [6.07, 6.45) is 1.41. The third kappa shape index (κ3) is 4.99. The molecule has 0 unspecified atom stereocenters. The monoisotopic (exact) mass is 434 g/mol. The molecule has 8 nitrogen and oxygen atoms in total. The Kier molecular flexibility index (Phi) is 6.96. The van der Waals surface area contributed by atoms with Gasteiger partial charge in [0.15, 0.2) is 0 Å². The number of nitrogens with one attached hydrogen (secondary N) is 1. The van der Waals surface area contributed by atoms with E-state index in [0.29, 0.717) is 10.7 Å². The van der Waals surface area contributed by atoms with E-state index in [4.69, 9.17) is 11.6 Å². The minimum atomic E-state index is -3.74. The van der Waals surface area contributed by atoms with Gasteiger partial charge in [-0.3, -0.25) is 4.90 Å². The number of rotatable bonds is 9. The van der Waals surface area contributed by atoms with Crippen molar-refractivity contribution in [2.24, 2.45) is 0 Å². The first-order valence-electron chi connectivity index (χ1n) is 9.27. The fourth-order valence-corrected chi connectivity index (χ4v) is 4.53. The van der Waals surface area contributed by atoms with Gasteiger partial charge in [0.05, 0.1) is 10.6 Å². The fraction of sp³-hybridized carbons (Fsp3) is 0.316. The number of nitrogens with zero attached hydrogens (tertiary/aromatic N) is 5. The second-order valence-corrected chi connectivity index (χ2v) is 8.54. The summed E-state index contributed by atoms with van der Waals surface area (Å²) < 4.78 is 30.0. The topological polar surface area (TPSA) is 93.0 Å². The van der Waals surface area contributed by atoms with Gasteiger partial charge in [0.2, 0.25) is 10.0 Å². The van der Waals surface area contributed by atoms with E-state index in [1.54, 1.807) is 12.1 Å². The van der Waals surface area contributed by atoms with E-state index in [-0.39, 0.29) is 17.5 Å². The van der Waals surface area contributed by atoms with Crippen molar-refractivity contribution in [2.75, 3.05) is 19.6 Å². The van der Waals surface area contributed by atoms with Gasteiger partial charge in [-0.15, -0.1) is 5.10 Å². The van der Waals surface area contributed by atoms with Crippen molar-refractivity contribution < 1.29 is 8.42 Å². The first-order chi connectivity index (χ1) is 14.0. The van der Waals surface area contributed by atoms with Gasteiger partial charge in [0, 0.05) is 17.6 Å². The Morgan fingerprint density at radius 2 is 1.90 bits per heavy atom. The Hall–Kier alpha value is -2.33. The van der Waals surface area contributed by atoms with E-state index in [1.165, 1.54) is 23.1 Å². The molecule has 0 saturated carbocycles. The minimum Gasteiger partial charge on any atom is -0.296 e. The summed E-state index contributed by atoms with van der Waals surface area (Å²) in [6.45, 7) is 5.81. The second kappa shape index (κ2) is 9.45. The highest BCUT2D eigenvalue weighted by Crippen LogP contribution is 2.27. The Bertz CT molecular complexity index is 1040. The molecule has 154 valence electrons. The van der Waals surface area contributed by atoms with E-state index in [1.807, 2.05) is 38.1 Å². The number of tetrazole rings is 1. The lowest BCUT2D eigenvalue weighted by Gasteiger charge is -2.30. The zero-order valence-corrected chi connectivity index (χ0v) is 17.8. The van der Waals surface area contributed by atoms with Crippen LogP contribution in [0.5, 0.6) is 0 Å². The van der Waals surface area contributed by atoms with Crippen LogP contribution in [0.4, 0.5) is 0 Å². The molecule has 0 spiro atoms. The molecule has 1 heterocycles. The molecule has 0 amide bonds. The van der Waals surface area contributed by atoms with Gasteiger partial charge in [-0.2, -0.15) is 0 Å². The average molecular weight is 435 g/mol. The summed E-state index contributed by atoms with van der Waals surface area (Å²) in [5.41, 5.74) is 1.45. The van der Waals surface area contributed by atoms with Gasteiger partial charge in [-0.25, -0.2) is 17.8 Å². The van der Waals surface area contributed by atoms with E-state index < -0.39 is 10.0 Å². The van der Waals surface area contributed by atoms with Crippen molar-refractivity contribution in [3.05, 3.63) is 65.4 Å². The summed E-state index contributed by atoms with van der Waals surface area (Å²) in [5, 5.41) is 11.6. The summed E-state index contributed by atoms with van der Waals surface area (Å²) in [4.78, 5) is 2.31. The largest absolute Gasteiger partial charge is 0.296 e. The van der Waals surface area contributed by atoms with Crippen molar-refractivity contribution in [2.45, 2.75) is 24.8 Å². The number of aromatic nitrogens is 4. The predicted molar refractivity (Wildman–Crippen MR) is 111 cm³/mol. The molecule has 0 bridgehead atoms. The molecule has 1 aromatic heterocycles. The second-order valence-electron chi connectivity index (χ2n) is 6.36. The number of halogens is 1. The maximum Gasteiger partial charge on any atom is 0.240 e. The molecule has 0 aliphatic heterocycles. The number of hydrogen-bond donors (Lipinski definition) is 1. The third-order valence-corrected chi connectivity index (χ3v) is 6.49. The Morgan fingerprint density at radius 3 is 2.55 bits per heavy atom. The summed E-state index contributed by atoms with van der Waals surface area (Å²) in [6, 6.07) is 13.8. The van der Waals surface area contributed by atoms with Gasteiger partial charge in [-0.05, 0) is 53.3 Å². The smallest absolute Gasteiger partial charge is 0.240 e. The van der Waals surface area contributed by atoms with Crippen LogP contribution in [0.3, 0.4) is 0 Å². The Labute approximate surface area is 175 Å². The molecule has 0 radical (unpaired) electrons. The third-order valence-electron chi connectivity index (χ3n) is 4.73. The van der Waals surface area contributed by atoms with Gasteiger partial charge in [0.1, 0.15) is 6.33 Å². The fourth-order valence-electron chi connectivity index (χ4n) is 3.19. The van der Waals surface area contributed by atoms with E-state index in [0.717, 1.165) is 18.7 Å². The molecule has 0 fully saturated rings. The van der Waals surface area contributed by atoms with Crippen molar-refractivity contribution in [3.8, 4) is 5.69 Å². The summed E-state index contributed by atoms with van der Waals surface area (Å²) in [5.74, 6) is 0. The van der Waals surface area contributed by atoms with Crippen molar-refractivity contribution in [3.63, 3.8) is 0 Å². The Balaban J connectivity index is 1.85. The quantitative estimate of drug-likeness (QED) is 0.556. The average Bonchev–Trinajstić information content (AvgIpc) is 3.27. The van der Waals surface area contributed by atoms with Crippen LogP contribution < -0.4 is 4.72 Å². The first kappa shape index (κ1) is 21.4. The number of sulfonamides is 1. The molecule has 0 aliphatic carbocycles. The molecule has 2 aromatic carbocycles. The lowest BCUT2D eigenvalue weighted by Crippen LogP contribution is -2.38. The zero-order valence-electron chi connectivity index (χ0n) is 16.2. The SMILES string of the molecule is CCN(CC)[C@@H](CNS(=O)(=O)c1cccc(-n2cnnn2)c1)c1ccccc1Cl. The normalized spacial score (nSPS) is 13.0. The summed E-state index contributed by atoms with van der Waals surface area (Å²) in [7, 11) is -3.74. The van der Waals surface area contributed by atoms with Gasteiger partial charge < -0.3 is 0 Å². The molecule has 0 saturated heterocycles. The number of likely N-dealkylation sites (N-methyl/N-ethyl adjacent to an activating group) is 1. The van der Waals surface area contributed by atoms with Crippen LogP contribution in [0.1, 0.15) is 25.5 Å². The van der Waals surface area contributed by atoms with Gasteiger partial charge in [-0.1, -0.05) is 49.7 Å². The summed E-state index contributed by atoms with van der Waals surface area (Å²) >= 11 is 6.40. The molecule has 1 N–H and O–H groups in total. The predicted octanol–water partition coefficient (Wildman–Crippen LogP) is 2.68. The zero-order chi connectivity index (χ0) is 20.9. The van der Waals surface area contributed by atoms with Crippen molar-refractivity contribution in [1.82, 2.24) is 29.8 Å². The molecule has 3 rings (SSSR count). The van der Waals surface area contributed by atoms with Crippen LogP contribution in [-0.2, 0) is 10.0 Å². The molecule has 29 heavy (non-hydrogen) atoms. The van der Waals surface area contributed by atoms with Crippen LogP contribution >= 0.6 is 11.6 Å². The first-order valence-corrected chi connectivity index (χ1v) is 11.1. The molecular weight excluding hydrogens is 412 g/mol. The van der Waals surface area contributed by atoms with Gasteiger partial charge in [0.25, 0.3) is 0 Å². The van der Waals surface area contributed by atoms with E-state index >= 15 is 0 Å². The molecule has 1 atom stereocenters. The van der Waals surface area contributed by atoms with Crippen LogP contribution in [-0.4, -0.2) is 53.2 Å². The van der Waals surface area contributed by atoms with Crippen LogP contribution in [0.15, 0.2) is 59.8 Å². The molecule has 0 aliphatic rings. The lowest BCUT2D eigenvalue weighted by atomic mass is 10.1. The molecule has 3 aromatic rings. The number of hydrogen-bond acceptors (Lipinski definition) is 6. The minimum absolute atomic E-state index is 0.142. The van der Waals surface area contributed by atoms with Crippen molar-refractivity contribution in [1.29, 1.82) is 0 Å². The molecular formula is C19H23ClN6O2S.